The summed E-state index contributed by atoms with van der Waals surface area (Å²) in [6.07, 6.45) is 1.32. The summed E-state index contributed by atoms with van der Waals surface area (Å²) in [7, 11) is 0. The van der Waals surface area contributed by atoms with E-state index in [1.165, 1.54) is 0 Å². The molecule has 0 atom stereocenters. The fraction of sp³-hybridized carbons (Fsp3) is 0.857. The first-order valence-corrected chi connectivity index (χ1v) is 3.65. The average Bonchev–Trinajstić information content (AvgIpc) is 1.83. The molecule has 0 aromatic rings. The highest BCUT2D eigenvalue weighted by atomic mass is 16.3. The summed E-state index contributed by atoms with van der Waals surface area (Å²) >= 11 is 0. The van der Waals surface area contributed by atoms with E-state index in [-0.39, 0.29) is 5.78 Å². The number of Topliss-reactive ketones (excluding diaryl/α,β-unsaturated/α-hetero) is 1. The molecule has 1 aliphatic heterocycles. The molecule has 0 aromatic carbocycles. The normalized spacial score (nSPS) is 21.8. The number of nitrogens with one attached hydrogen (secondary N) is 1. The van der Waals surface area contributed by atoms with Gasteiger partial charge in [-0.1, -0.05) is 6.92 Å². The number of carbonyl (C=O) groups is 1. The number of carbonyl (C=O) groups excluding carboxylic acids is 1. The maximum absolute atomic E-state index is 11.1. The van der Waals surface area contributed by atoms with Gasteiger partial charge in [-0.15, -0.1) is 0 Å². The van der Waals surface area contributed by atoms with E-state index in [1.54, 1.807) is 0 Å². The highest BCUT2D eigenvalue weighted by Crippen LogP contribution is 2.14. The van der Waals surface area contributed by atoms with Crippen LogP contribution in [0.4, 0.5) is 0 Å². The summed E-state index contributed by atoms with van der Waals surface area (Å²) in [6, 6.07) is 0. The molecule has 58 valence electrons. The van der Waals surface area contributed by atoms with Crippen molar-refractivity contribution in [2.24, 2.45) is 0 Å². The Labute approximate surface area is 60.4 Å². The van der Waals surface area contributed by atoms with Gasteiger partial charge < -0.3 is 10.4 Å². The quantitative estimate of drug-likeness (QED) is 0.569. The molecule has 3 heteroatoms. The molecule has 0 unspecified atom stereocenters. The number of hydrogen-bond donors (Lipinski definition) is 2. The van der Waals surface area contributed by atoms with Crippen LogP contribution in [-0.2, 0) is 4.79 Å². The third-order valence-corrected chi connectivity index (χ3v) is 1.83. The van der Waals surface area contributed by atoms with Gasteiger partial charge in [0.2, 0.25) is 0 Å². The summed E-state index contributed by atoms with van der Waals surface area (Å²) in [5, 5.41) is 12.3. The van der Waals surface area contributed by atoms with E-state index in [4.69, 9.17) is 0 Å². The van der Waals surface area contributed by atoms with Crippen LogP contribution in [0.1, 0.15) is 19.8 Å². The Morgan fingerprint density at radius 2 is 2.30 bits per heavy atom. The first-order chi connectivity index (χ1) is 4.69. The van der Waals surface area contributed by atoms with Crippen LogP contribution in [0.15, 0.2) is 0 Å². The van der Waals surface area contributed by atoms with Crippen molar-refractivity contribution in [3.05, 3.63) is 0 Å². The molecule has 0 spiro atoms. The van der Waals surface area contributed by atoms with Crippen LogP contribution in [0, 0.1) is 0 Å². The van der Waals surface area contributed by atoms with Gasteiger partial charge in [0.05, 0.1) is 0 Å². The smallest absolute Gasteiger partial charge is 0.166 e. The van der Waals surface area contributed by atoms with Crippen molar-refractivity contribution in [2.45, 2.75) is 25.4 Å². The predicted octanol–water partition coefficient (Wildman–Crippen LogP) is -0.310. The Kier molecular flexibility index (Phi) is 2.06. The predicted molar refractivity (Wildman–Crippen MR) is 37.7 cm³/mol. The Bertz CT molecular complexity index is 141. The molecule has 1 rings (SSSR count). The summed E-state index contributed by atoms with van der Waals surface area (Å²) in [5.74, 6) is -0.0197. The van der Waals surface area contributed by atoms with Gasteiger partial charge in [0.15, 0.2) is 5.78 Å². The number of aliphatic hydroxyl groups is 1. The molecule has 1 saturated heterocycles. The Morgan fingerprint density at radius 1 is 1.70 bits per heavy atom. The molecule has 1 aliphatic rings. The van der Waals surface area contributed by atoms with Gasteiger partial charge in [0.1, 0.15) is 5.60 Å². The van der Waals surface area contributed by atoms with Crippen LogP contribution in [0.25, 0.3) is 0 Å². The van der Waals surface area contributed by atoms with Gasteiger partial charge in [-0.05, 0) is 6.42 Å². The monoisotopic (exact) mass is 143 g/mol. The fourth-order valence-electron chi connectivity index (χ4n) is 1.02. The minimum absolute atomic E-state index is 0.0197. The molecule has 3 nitrogen and oxygen atoms in total. The lowest BCUT2D eigenvalue weighted by molar-refractivity contribution is -0.142. The van der Waals surface area contributed by atoms with Gasteiger partial charge in [-0.25, -0.2) is 0 Å². The Morgan fingerprint density at radius 3 is 2.60 bits per heavy atom. The second-order valence-corrected chi connectivity index (χ2v) is 2.81. The first kappa shape index (κ1) is 7.69. The van der Waals surface area contributed by atoms with Crippen LogP contribution in [0.5, 0.6) is 0 Å². The molecule has 1 fully saturated rings. The second kappa shape index (κ2) is 2.68. The van der Waals surface area contributed by atoms with Gasteiger partial charge in [-0.2, -0.15) is 0 Å². The van der Waals surface area contributed by atoms with Crippen LogP contribution in [-0.4, -0.2) is 29.6 Å². The average molecular weight is 143 g/mol. The van der Waals surface area contributed by atoms with Crippen LogP contribution >= 0.6 is 0 Å². The van der Waals surface area contributed by atoms with Crippen molar-refractivity contribution in [2.75, 3.05) is 13.1 Å². The zero-order chi connectivity index (χ0) is 7.61. The van der Waals surface area contributed by atoms with E-state index in [2.05, 4.69) is 5.32 Å². The van der Waals surface area contributed by atoms with Crippen molar-refractivity contribution in [1.82, 2.24) is 5.32 Å². The standard InChI is InChI=1S/C7H13NO2/c1-2-3-6(9)7(10)4-8-5-7/h8,10H,2-5H2,1H3. The SMILES string of the molecule is CCCC(=O)C1(O)CNC1. The lowest BCUT2D eigenvalue weighted by Gasteiger charge is -2.35. The molecule has 0 saturated carbocycles. The molecule has 1 heterocycles. The van der Waals surface area contributed by atoms with Crippen molar-refractivity contribution >= 4 is 5.78 Å². The summed E-state index contributed by atoms with van der Waals surface area (Å²) in [4.78, 5) is 11.1. The van der Waals surface area contributed by atoms with Crippen LogP contribution < -0.4 is 5.32 Å². The fourth-order valence-corrected chi connectivity index (χ4v) is 1.02. The van der Waals surface area contributed by atoms with Crippen LogP contribution in [0.3, 0.4) is 0 Å². The molecule has 0 amide bonds. The van der Waals surface area contributed by atoms with E-state index in [9.17, 15) is 9.90 Å². The minimum atomic E-state index is -1.02. The molecule has 10 heavy (non-hydrogen) atoms. The first-order valence-electron chi connectivity index (χ1n) is 3.65. The molecular weight excluding hydrogens is 130 g/mol. The van der Waals surface area contributed by atoms with E-state index in [1.807, 2.05) is 6.92 Å². The molecule has 0 aliphatic carbocycles. The maximum Gasteiger partial charge on any atom is 0.166 e. The van der Waals surface area contributed by atoms with E-state index >= 15 is 0 Å². The largest absolute Gasteiger partial charge is 0.379 e. The zero-order valence-corrected chi connectivity index (χ0v) is 6.18. The minimum Gasteiger partial charge on any atom is -0.379 e. The summed E-state index contributed by atoms with van der Waals surface area (Å²) in [6.45, 7) is 2.81. The highest BCUT2D eigenvalue weighted by Gasteiger charge is 2.40. The van der Waals surface area contributed by atoms with E-state index in [0.29, 0.717) is 19.5 Å². The van der Waals surface area contributed by atoms with E-state index < -0.39 is 5.60 Å². The van der Waals surface area contributed by atoms with Gasteiger partial charge in [0, 0.05) is 19.5 Å². The van der Waals surface area contributed by atoms with Gasteiger partial charge in [0.25, 0.3) is 0 Å². The number of hydrogen-bond acceptors (Lipinski definition) is 3. The van der Waals surface area contributed by atoms with Gasteiger partial charge >= 0.3 is 0 Å². The summed E-state index contributed by atoms with van der Waals surface area (Å²) < 4.78 is 0. The highest BCUT2D eigenvalue weighted by molar-refractivity contribution is 5.88. The van der Waals surface area contributed by atoms with Crippen molar-refractivity contribution in [3.63, 3.8) is 0 Å². The Hall–Kier alpha value is -0.410. The van der Waals surface area contributed by atoms with Crippen LogP contribution in [0.2, 0.25) is 0 Å². The van der Waals surface area contributed by atoms with Gasteiger partial charge in [-0.3, -0.25) is 4.79 Å². The third-order valence-electron chi connectivity index (χ3n) is 1.83. The van der Waals surface area contributed by atoms with E-state index in [0.717, 1.165) is 6.42 Å². The molecule has 0 bridgehead atoms. The lowest BCUT2D eigenvalue weighted by Crippen LogP contribution is -2.64. The third kappa shape index (κ3) is 1.20. The van der Waals surface area contributed by atoms with Crippen molar-refractivity contribution in [1.29, 1.82) is 0 Å². The second-order valence-electron chi connectivity index (χ2n) is 2.81. The number of ketones is 1. The van der Waals surface area contributed by atoms with Crippen molar-refractivity contribution in [3.8, 4) is 0 Å². The maximum atomic E-state index is 11.1. The lowest BCUT2D eigenvalue weighted by atomic mass is 9.89. The van der Waals surface area contributed by atoms with Crippen molar-refractivity contribution < 1.29 is 9.90 Å². The molecule has 0 radical (unpaired) electrons. The molecular formula is C7H13NO2. The molecule has 0 aromatic heterocycles. The Balaban J connectivity index is 2.39. The zero-order valence-electron chi connectivity index (χ0n) is 6.18. The number of rotatable bonds is 3. The number of β-amino-alcohol motifs (C(OH)–C–C–N with tert-alkyl or cyclic N) is 1. The summed E-state index contributed by atoms with van der Waals surface area (Å²) in [5.41, 5.74) is -1.02. The topological polar surface area (TPSA) is 49.3 Å². The molecule has 2 N–H and O–H groups in total.